The van der Waals surface area contributed by atoms with E-state index in [4.69, 9.17) is 19.4 Å². The van der Waals surface area contributed by atoms with Crippen LogP contribution in [0.3, 0.4) is 0 Å². The van der Waals surface area contributed by atoms with Gasteiger partial charge in [-0.05, 0) is 29.8 Å². The van der Waals surface area contributed by atoms with Gasteiger partial charge < -0.3 is 19.3 Å². The molecule has 37 heavy (non-hydrogen) atoms. The van der Waals surface area contributed by atoms with Crippen molar-refractivity contribution in [3.8, 4) is 17.4 Å². The third-order valence-corrected chi connectivity index (χ3v) is 6.08. The topological polar surface area (TPSA) is 67.8 Å². The lowest BCUT2D eigenvalue weighted by Crippen LogP contribution is -2.39. The number of hydrogen-bond acceptors (Lipinski definition) is 6. The van der Waals surface area contributed by atoms with Gasteiger partial charge in [0, 0.05) is 32.6 Å². The number of nitrogens with zero attached hydrogens (tertiary/aromatic N) is 4. The van der Waals surface area contributed by atoms with Crippen molar-refractivity contribution in [2.45, 2.75) is 19.5 Å². The van der Waals surface area contributed by atoms with Crippen LogP contribution in [0.25, 0.3) is 0 Å². The molecule has 0 spiro atoms. The van der Waals surface area contributed by atoms with Crippen LogP contribution in [0, 0.1) is 5.82 Å². The lowest BCUT2D eigenvalue weighted by molar-refractivity contribution is -0.134. The van der Waals surface area contributed by atoms with Crippen LogP contribution in [0.5, 0.6) is 17.4 Å². The molecule has 7 nitrogen and oxygen atoms in total. The van der Waals surface area contributed by atoms with E-state index in [9.17, 15) is 9.18 Å². The van der Waals surface area contributed by atoms with E-state index in [1.165, 1.54) is 12.1 Å². The molecule has 1 amide bonds. The summed E-state index contributed by atoms with van der Waals surface area (Å²) in [6.45, 7) is 1.32. The Kier molecular flexibility index (Phi) is 7.26. The summed E-state index contributed by atoms with van der Waals surface area (Å²) >= 11 is 0. The van der Waals surface area contributed by atoms with Crippen molar-refractivity contribution in [3.63, 3.8) is 0 Å². The molecule has 0 bridgehead atoms. The summed E-state index contributed by atoms with van der Waals surface area (Å²) in [4.78, 5) is 26.1. The third kappa shape index (κ3) is 6.03. The molecule has 2 heterocycles. The number of rotatable bonds is 8. The van der Waals surface area contributed by atoms with Crippen molar-refractivity contribution in [2.75, 3.05) is 25.1 Å². The summed E-state index contributed by atoms with van der Waals surface area (Å²) in [5, 5.41) is 0. The van der Waals surface area contributed by atoms with E-state index in [1.807, 2.05) is 72.6 Å². The molecule has 0 unspecified atom stereocenters. The van der Waals surface area contributed by atoms with E-state index < -0.39 is 5.82 Å². The average molecular weight is 499 g/mol. The lowest BCUT2D eigenvalue weighted by Gasteiger charge is -2.30. The van der Waals surface area contributed by atoms with Gasteiger partial charge in [-0.3, -0.25) is 4.79 Å². The Morgan fingerprint density at radius 3 is 2.46 bits per heavy atom. The van der Waals surface area contributed by atoms with Crippen LogP contribution in [0.4, 0.5) is 10.3 Å². The Bertz CT molecular complexity index is 1370. The van der Waals surface area contributed by atoms with Gasteiger partial charge in [0.2, 0.25) is 11.8 Å². The summed E-state index contributed by atoms with van der Waals surface area (Å²) in [5.74, 6) is 1.23. The molecule has 0 saturated heterocycles. The van der Waals surface area contributed by atoms with Crippen LogP contribution >= 0.6 is 0 Å². The summed E-state index contributed by atoms with van der Waals surface area (Å²) in [6, 6.07) is 25.2. The van der Waals surface area contributed by atoms with Crippen molar-refractivity contribution in [2.24, 2.45) is 0 Å². The second-order valence-corrected chi connectivity index (χ2v) is 8.82. The smallest absolute Gasteiger partial charge is 0.260 e. The van der Waals surface area contributed by atoms with Crippen molar-refractivity contribution in [1.29, 1.82) is 0 Å². The molecular formula is C29H27FN4O3. The highest BCUT2D eigenvalue weighted by atomic mass is 19.1. The van der Waals surface area contributed by atoms with E-state index in [0.29, 0.717) is 48.4 Å². The van der Waals surface area contributed by atoms with Crippen LogP contribution < -0.4 is 14.4 Å². The number of aromatic nitrogens is 2. The summed E-state index contributed by atoms with van der Waals surface area (Å²) in [7, 11) is 1.92. The van der Waals surface area contributed by atoms with Gasteiger partial charge in [0.1, 0.15) is 17.3 Å². The first kappa shape index (κ1) is 24.2. The van der Waals surface area contributed by atoms with Crippen molar-refractivity contribution < 1.29 is 18.7 Å². The predicted molar refractivity (Wildman–Crippen MR) is 138 cm³/mol. The molecule has 0 saturated carbocycles. The fraction of sp³-hybridized carbons (Fsp3) is 0.207. The quantitative estimate of drug-likeness (QED) is 0.340. The summed E-state index contributed by atoms with van der Waals surface area (Å²) in [5.41, 5.74) is 2.64. The fourth-order valence-corrected chi connectivity index (χ4v) is 4.16. The third-order valence-electron chi connectivity index (χ3n) is 6.08. The minimum absolute atomic E-state index is 0.0712. The van der Waals surface area contributed by atoms with E-state index >= 15 is 0 Å². The van der Waals surface area contributed by atoms with Crippen LogP contribution in [0.2, 0.25) is 0 Å². The number of benzene rings is 3. The Morgan fingerprint density at radius 2 is 1.70 bits per heavy atom. The minimum Gasteiger partial charge on any atom is -0.484 e. The predicted octanol–water partition coefficient (Wildman–Crippen LogP) is 5.01. The first-order chi connectivity index (χ1) is 18.0. The maximum absolute atomic E-state index is 13.9. The number of carbonyl (C=O) groups is 1. The molecule has 1 aliphatic rings. The van der Waals surface area contributed by atoms with Crippen molar-refractivity contribution >= 4 is 11.9 Å². The number of anilines is 1. The molecule has 0 aliphatic carbocycles. The molecule has 8 heteroatoms. The maximum atomic E-state index is 13.9. The largest absolute Gasteiger partial charge is 0.484 e. The standard InChI is InChI=1S/C29H27FN4O3/c1-33(18-21-9-4-2-5-10-21)29-31-26-15-16-34(27(35)20-36-23-12-6-3-7-13-23)19-25(26)28(32-29)37-24-14-8-11-22(30)17-24/h2-14,17H,15-16,18-20H2,1H3. The van der Waals surface area contributed by atoms with Gasteiger partial charge in [-0.15, -0.1) is 0 Å². The monoisotopic (exact) mass is 498 g/mol. The number of carbonyl (C=O) groups excluding carboxylic acids is 1. The zero-order valence-electron chi connectivity index (χ0n) is 20.5. The summed E-state index contributed by atoms with van der Waals surface area (Å²) < 4.78 is 25.6. The van der Waals surface area contributed by atoms with Crippen LogP contribution in [0.1, 0.15) is 16.8 Å². The second kappa shape index (κ2) is 11.1. The van der Waals surface area contributed by atoms with Gasteiger partial charge in [-0.1, -0.05) is 54.6 Å². The highest BCUT2D eigenvalue weighted by Crippen LogP contribution is 2.32. The van der Waals surface area contributed by atoms with Crippen LogP contribution in [0.15, 0.2) is 84.9 Å². The molecule has 0 radical (unpaired) electrons. The maximum Gasteiger partial charge on any atom is 0.260 e. The minimum atomic E-state index is -0.406. The number of hydrogen-bond donors (Lipinski definition) is 0. The number of fused-ring (bicyclic) bond motifs is 1. The van der Waals surface area contributed by atoms with Crippen LogP contribution in [-0.2, 0) is 24.3 Å². The molecule has 5 rings (SSSR count). The van der Waals surface area contributed by atoms with Gasteiger partial charge in [0.05, 0.1) is 17.8 Å². The van der Waals surface area contributed by atoms with Crippen molar-refractivity contribution in [3.05, 3.63) is 108 Å². The number of para-hydroxylation sites is 1. The van der Waals surface area contributed by atoms with Crippen molar-refractivity contribution in [1.82, 2.24) is 14.9 Å². The number of ether oxygens (including phenoxy) is 2. The molecule has 188 valence electrons. The van der Waals surface area contributed by atoms with E-state index in [0.717, 1.165) is 11.3 Å². The van der Waals surface area contributed by atoms with E-state index in [2.05, 4.69) is 0 Å². The summed E-state index contributed by atoms with van der Waals surface area (Å²) in [6.07, 6.45) is 0.542. The molecular weight excluding hydrogens is 471 g/mol. The molecule has 0 fully saturated rings. The van der Waals surface area contributed by atoms with E-state index in [1.54, 1.807) is 17.0 Å². The number of halogens is 1. The Hall–Kier alpha value is -4.46. The second-order valence-electron chi connectivity index (χ2n) is 8.82. The Morgan fingerprint density at radius 1 is 0.973 bits per heavy atom. The Labute approximate surface area is 215 Å². The first-order valence-corrected chi connectivity index (χ1v) is 12.1. The zero-order chi connectivity index (χ0) is 25.6. The molecule has 3 aromatic carbocycles. The fourth-order valence-electron chi connectivity index (χ4n) is 4.16. The Balaban J connectivity index is 1.39. The van der Waals surface area contributed by atoms with Gasteiger partial charge in [0.15, 0.2) is 6.61 Å². The molecule has 0 atom stereocenters. The van der Waals surface area contributed by atoms with Gasteiger partial charge >= 0.3 is 0 Å². The molecule has 1 aliphatic heterocycles. The first-order valence-electron chi connectivity index (χ1n) is 12.1. The SMILES string of the molecule is CN(Cc1ccccc1)c1nc2c(c(Oc3cccc(F)c3)n1)CN(C(=O)COc1ccccc1)CC2. The highest BCUT2D eigenvalue weighted by Gasteiger charge is 2.27. The van der Waals surface area contributed by atoms with Crippen LogP contribution in [-0.4, -0.2) is 41.0 Å². The molecule has 0 N–H and O–H groups in total. The van der Waals surface area contributed by atoms with E-state index in [-0.39, 0.29) is 19.1 Å². The zero-order valence-corrected chi connectivity index (χ0v) is 20.5. The highest BCUT2D eigenvalue weighted by molar-refractivity contribution is 5.78. The lowest BCUT2D eigenvalue weighted by atomic mass is 10.1. The number of amides is 1. The van der Waals surface area contributed by atoms with Gasteiger partial charge in [-0.25, -0.2) is 9.37 Å². The normalized spacial score (nSPS) is 12.5. The molecule has 4 aromatic rings. The molecule has 1 aromatic heterocycles. The van der Waals surface area contributed by atoms with Gasteiger partial charge in [0.25, 0.3) is 5.91 Å². The average Bonchev–Trinajstić information content (AvgIpc) is 2.92. The van der Waals surface area contributed by atoms with Gasteiger partial charge in [-0.2, -0.15) is 4.98 Å².